The molecule has 1 aliphatic carbocycles. The van der Waals surface area contributed by atoms with E-state index in [9.17, 15) is 40.6 Å². The van der Waals surface area contributed by atoms with Crippen LogP contribution in [0.1, 0.15) is 32.6 Å². The van der Waals surface area contributed by atoms with E-state index in [1.165, 1.54) is 42.5 Å². The van der Waals surface area contributed by atoms with Crippen LogP contribution in [0, 0.1) is 0 Å². The van der Waals surface area contributed by atoms with E-state index in [1.807, 2.05) is 45.9 Å². The fourth-order valence-corrected chi connectivity index (χ4v) is 11.6. The Morgan fingerprint density at radius 1 is 0.790 bits per heavy atom. The minimum atomic E-state index is -4.47. The Bertz CT molecular complexity index is 3030. The first-order valence-corrected chi connectivity index (χ1v) is 25.5. The number of allylic oxidation sites excluding steroid dienone is 5. The number of fused-ring (bicyclic) bond motifs is 2. The van der Waals surface area contributed by atoms with Crippen molar-refractivity contribution in [3.8, 4) is 5.75 Å². The van der Waals surface area contributed by atoms with Crippen LogP contribution in [-0.4, -0.2) is 101 Å². The number of rotatable bonds is 11. The van der Waals surface area contributed by atoms with Gasteiger partial charge in [-0.25, -0.2) is 9.37 Å². The molecule has 1 aliphatic heterocycles. The maximum atomic E-state index is 12.7. The van der Waals surface area contributed by atoms with E-state index >= 15 is 0 Å². The molecule has 1 heterocycles. The third-order valence-electron chi connectivity index (χ3n) is 9.76. The summed E-state index contributed by atoms with van der Waals surface area (Å²) in [7, 11) is -14.2. The van der Waals surface area contributed by atoms with E-state index in [2.05, 4.69) is 13.1 Å². The van der Waals surface area contributed by atoms with E-state index in [0.717, 1.165) is 32.9 Å². The Hall–Kier alpha value is -6.21. The van der Waals surface area contributed by atoms with Gasteiger partial charge in [0.1, 0.15) is 25.8 Å². The fourth-order valence-electron chi connectivity index (χ4n) is 7.10. The molecule has 62 heavy (non-hydrogen) atoms. The topological polar surface area (TPSA) is 281 Å². The maximum absolute atomic E-state index is 12.7. The molecule has 326 valence electrons. The largest absolute Gasteiger partial charge is 0.478 e. The number of hydrogen-bond donors (Lipinski definition) is 3. The number of benzene rings is 4. The van der Waals surface area contributed by atoms with Crippen molar-refractivity contribution in [1.82, 2.24) is 0 Å². The van der Waals surface area contributed by atoms with Crippen molar-refractivity contribution in [3.05, 3.63) is 142 Å². The molecule has 6 rings (SSSR count). The van der Waals surface area contributed by atoms with Crippen LogP contribution in [-0.2, 0) is 59.3 Å². The molecule has 0 unspecified atom stereocenters. The highest BCUT2D eigenvalue weighted by atomic mass is 32.2. The summed E-state index contributed by atoms with van der Waals surface area (Å²) in [4.78, 5) is 25.5. The molecular formula is C39H37N2O16S4Si+. The number of carboxylic acids is 1. The highest BCUT2D eigenvalue weighted by Crippen LogP contribution is 2.43. The monoisotopic (exact) mass is 945 g/mol. The van der Waals surface area contributed by atoms with E-state index in [4.69, 9.17) is 30.0 Å². The second-order valence-corrected chi connectivity index (χ2v) is 21.9. The average Bonchev–Trinajstić information content (AvgIpc) is 3.17. The summed E-state index contributed by atoms with van der Waals surface area (Å²) in [6.07, 6.45) is 5.80. The Morgan fingerprint density at radius 2 is 1.34 bits per heavy atom. The van der Waals surface area contributed by atoms with Crippen LogP contribution < -0.4 is 14.8 Å². The normalized spacial score (nSPS) is 14.6. The standard InChI is InChI=1S/C39H36N2O10S2Si.2O3S/c1-40(22-25-9-5-7-11-34(25)52(45,46)47)27-13-16-31-36(19-27)54(3,4)37-20-28(41(2)23-26-10-6-8-12-35(26)53(48,49)50)14-17-32(37)38(31)33-21-29(51-24-42)15-18-30(33)39(43)44;2*1-4(2)3/h5-21,24H,22-23H2,1-4H3,(H2-,43,44,45,46,47,48,49,50);;/p+1. The van der Waals surface area contributed by atoms with Crippen LogP contribution in [0.2, 0.25) is 13.1 Å². The zero-order valence-electron chi connectivity index (χ0n) is 33.0. The van der Waals surface area contributed by atoms with Crippen LogP contribution in [0.25, 0.3) is 5.57 Å². The van der Waals surface area contributed by atoms with Crippen molar-refractivity contribution in [2.24, 2.45) is 0 Å². The van der Waals surface area contributed by atoms with Gasteiger partial charge in [0.15, 0.2) is 12.3 Å². The van der Waals surface area contributed by atoms with Gasteiger partial charge in [-0.2, -0.15) is 16.8 Å². The van der Waals surface area contributed by atoms with E-state index in [0.29, 0.717) is 22.3 Å². The molecule has 0 radical (unpaired) electrons. The lowest BCUT2D eigenvalue weighted by Crippen LogP contribution is -2.50. The number of carbonyl (C=O) groups is 2. The molecule has 23 heteroatoms. The van der Waals surface area contributed by atoms with Gasteiger partial charge in [-0.15, -0.1) is 25.3 Å². The quantitative estimate of drug-likeness (QED) is 0.0843. The van der Waals surface area contributed by atoms with Gasteiger partial charge in [0.05, 0.1) is 10.5 Å². The van der Waals surface area contributed by atoms with Crippen LogP contribution in [0.3, 0.4) is 0 Å². The predicted octanol–water partition coefficient (Wildman–Crippen LogP) is 3.09. The third-order valence-corrected chi connectivity index (χ3v) is 15.2. The first kappa shape index (κ1) is 48.5. The summed E-state index contributed by atoms with van der Waals surface area (Å²) in [5.41, 5.74) is 4.78. The number of hydrogen-bond acceptors (Lipinski definition) is 14. The average molecular weight is 946 g/mol. The maximum Gasteiger partial charge on any atom is 0.425 e. The Labute approximate surface area is 360 Å². The number of carboxylic acid groups (broad SMARTS) is 1. The predicted molar refractivity (Wildman–Crippen MR) is 226 cm³/mol. The van der Waals surface area contributed by atoms with Crippen LogP contribution >= 0.6 is 0 Å². The third kappa shape index (κ3) is 11.6. The second kappa shape index (κ2) is 19.7. The summed E-state index contributed by atoms with van der Waals surface area (Å²) >= 11 is 0. The highest BCUT2D eigenvalue weighted by molar-refractivity contribution is 7.86. The number of carbonyl (C=O) groups excluding carboxylic acids is 1. The molecular weight excluding hydrogens is 909 g/mol. The molecule has 0 saturated heterocycles. The molecule has 4 aromatic carbocycles. The van der Waals surface area contributed by atoms with Crippen molar-refractivity contribution in [2.75, 3.05) is 19.0 Å². The molecule has 0 fully saturated rings. The van der Waals surface area contributed by atoms with Crippen molar-refractivity contribution >= 4 is 84.1 Å². The minimum absolute atomic E-state index is 0.00690. The summed E-state index contributed by atoms with van der Waals surface area (Å²) in [5.74, 6) is -1.02. The van der Waals surface area contributed by atoms with Gasteiger partial charge >= 0.3 is 27.2 Å². The number of aromatic carboxylic acids is 1. The number of nitrogens with zero attached hydrogens (tertiary/aromatic N) is 2. The Balaban J connectivity index is 0.000000972. The van der Waals surface area contributed by atoms with Crippen LogP contribution in [0.15, 0.2) is 124 Å². The lowest BCUT2D eigenvalue weighted by atomic mass is 9.87. The molecule has 0 atom stereocenters. The SMILES string of the molecule is CN(Cc1ccccc1S(=O)(=O)O)c1ccc2c(c1)[Si](C)(C)C1=CC(=[N+](C)Cc3ccccc3S(=O)(=O)O)C=CC1=C2c1cc(OC=O)ccc1C(=O)O.O=S(=O)=O.O=S(=O)=O. The fraction of sp³-hybridized carbons (Fsp3) is 0.154. The molecule has 0 bridgehead atoms. The van der Waals surface area contributed by atoms with E-state index < -0.39 is 55.5 Å². The highest BCUT2D eigenvalue weighted by Gasteiger charge is 2.41. The molecule has 3 N–H and O–H groups in total. The van der Waals surface area contributed by atoms with Crippen molar-refractivity contribution in [3.63, 3.8) is 0 Å². The van der Waals surface area contributed by atoms with Gasteiger partial charge in [-0.05, 0) is 81.2 Å². The summed E-state index contributed by atoms with van der Waals surface area (Å²) < 4.78 is 126. The van der Waals surface area contributed by atoms with Crippen LogP contribution in [0.5, 0.6) is 5.75 Å². The molecule has 0 aromatic heterocycles. The first-order valence-electron chi connectivity index (χ1n) is 17.6. The number of ether oxygens (including phenoxy) is 1. The second-order valence-electron chi connectivity index (χ2n) is 14.0. The molecule has 0 amide bonds. The molecule has 18 nitrogen and oxygen atoms in total. The first-order chi connectivity index (χ1) is 28.9. The van der Waals surface area contributed by atoms with Crippen molar-refractivity contribution < 1.29 is 75.2 Å². The minimum Gasteiger partial charge on any atom is -0.478 e. The Morgan fingerprint density at radius 3 is 1.89 bits per heavy atom. The van der Waals surface area contributed by atoms with Crippen molar-refractivity contribution in [2.45, 2.75) is 36.0 Å². The van der Waals surface area contributed by atoms with Gasteiger partial charge in [0.25, 0.3) is 26.7 Å². The smallest absolute Gasteiger partial charge is 0.425 e. The molecule has 4 aromatic rings. The number of anilines is 1. The molecule has 2 aliphatic rings. The van der Waals surface area contributed by atoms with Gasteiger partial charge in [0, 0.05) is 42.6 Å². The van der Waals surface area contributed by atoms with Crippen LogP contribution in [0.4, 0.5) is 5.69 Å². The van der Waals surface area contributed by atoms with Gasteiger partial charge in [0.2, 0.25) is 0 Å². The van der Waals surface area contributed by atoms with E-state index in [1.54, 1.807) is 38.4 Å². The molecule has 0 saturated carbocycles. The van der Waals surface area contributed by atoms with Gasteiger partial charge in [-0.1, -0.05) is 55.6 Å². The van der Waals surface area contributed by atoms with Gasteiger partial charge in [-0.3, -0.25) is 13.9 Å². The molecule has 0 spiro atoms. The lowest BCUT2D eigenvalue weighted by Gasteiger charge is -2.38. The van der Waals surface area contributed by atoms with Crippen molar-refractivity contribution in [1.29, 1.82) is 0 Å². The summed E-state index contributed by atoms with van der Waals surface area (Å²) in [6.45, 7) is 4.91. The zero-order chi connectivity index (χ0) is 46.3. The Kier molecular flexibility index (Phi) is 15.4. The lowest BCUT2D eigenvalue weighted by molar-refractivity contribution is -0.512. The van der Waals surface area contributed by atoms with E-state index in [-0.39, 0.29) is 40.7 Å². The van der Waals surface area contributed by atoms with Gasteiger partial charge < -0.3 is 14.7 Å². The summed E-state index contributed by atoms with van der Waals surface area (Å²) in [5, 5.41) is 12.2. The zero-order valence-corrected chi connectivity index (χ0v) is 37.2. The summed E-state index contributed by atoms with van der Waals surface area (Å²) in [6, 6.07) is 22.5.